The van der Waals surface area contributed by atoms with Crippen molar-refractivity contribution in [3.8, 4) is 0 Å². The van der Waals surface area contributed by atoms with Crippen molar-refractivity contribution in [1.29, 1.82) is 0 Å². The quantitative estimate of drug-likeness (QED) is 0.0894. The first kappa shape index (κ1) is 50.2. The fourth-order valence-electron chi connectivity index (χ4n) is 8.30. The van der Waals surface area contributed by atoms with E-state index in [1.54, 1.807) is 23.9 Å². The van der Waals surface area contributed by atoms with Crippen molar-refractivity contribution >= 4 is 39.4 Å². The van der Waals surface area contributed by atoms with Crippen LogP contribution in [0.15, 0.2) is 34.3 Å². The third-order valence-electron chi connectivity index (χ3n) is 11.8. The summed E-state index contributed by atoms with van der Waals surface area (Å²) in [7, 11) is 0. The van der Waals surface area contributed by atoms with Crippen LogP contribution < -0.4 is 0 Å². The van der Waals surface area contributed by atoms with Gasteiger partial charge in [-0.05, 0) is 121 Å². The zero-order valence-electron chi connectivity index (χ0n) is 37.1. The maximum Gasteiger partial charge on any atom is 0.356 e. The minimum atomic E-state index is -0.595. The summed E-state index contributed by atoms with van der Waals surface area (Å²) in [5.74, 6) is 1.31. The molecule has 0 amide bonds. The Balaban J connectivity index is 0.000000200. The van der Waals surface area contributed by atoms with Gasteiger partial charge < -0.3 is 38.9 Å². The number of hydrogen-bond donors (Lipinski definition) is 2. The molecule has 2 saturated heterocycles. The molecule has 334 valence electrons. The van der Waals surface area contributed by atoms with E-state index in [0.29, 0.717) is 29.9 Å². The zero-order valence-corrected chi connectivity index (χ0v) is 38.7. The van der Waals surface area contributed by atoms with E-state index < -0.39 is 5.97 Å². The van der Waals surface area contributed by atoms with Crippen molar-refractivity contribution in [2.45, 2.75) is 137 Å². The number of allylic oxidation sites excluding steroid dienone is 4. The Kier molecular flexibility index (Phi) is 24.1. The molecule has 1 aromatic heterocycles. The van der Waals surface area contributed by atoms with Crippen molar-refractivity contribution in [3.63, 3.8) is 0 Å². The molecule has 6 aliphatic rings. The second-order valence-corrected chi connectivity index (χ2v) is 16.8. The fourth-order valence-corrected chi connectivity index (χ4v) is 8.64. The lowest BCUT2D eigenvalue weighted by molar-refractivity contribution is -0.135. The summed E-state index contributed by atoms with van der Waals surface area (Å²) in [4.78, 5) is 41.2. The molecule has 1 aromatic rings. The Morgan fingerprint density at radius 1 is 0.814 bits per heavy atom. The fraction of sp³-hybridized carbons (Fsp3) is 0.739. The molecule has 0 spiro atoms. The number of ether oxygens (including phenoxy) is 4. The molecule has 0 radical (unpaired) electrons. The molecule has 59 heavy (non-hydrogen) atoms. The summed E-state index contributed by atoms with van der Waals surface area (Å²) in [5, 5.41) is 11.1. The standard InChI is InChI=1S/C12H17NO2.2C11H19NO.C7H12O.C5H8BrNO3/c1-3-15-12(14)10-7-9-6-4-5-8(2)11(9)13-10;2*1-10-4-2-3-5-11(10)12-6-8-13-9-7-12;1-6-4-2-3-5-7(6)8;1-2-10-5(8)4(3-6)7-9/h7-8,13H,3-6H2,1-2H3;2-9H2,1H3;5,10H,2-4,6-9H2,1H3;6H,2-5H2,1H3;9H,2-3H2,1H3. The molecule has 2 aliphatic heterocycles. The van der Waals surface area contributed by atoms with Crippen molar-refractivity contribution in [2.75, 3.05) is 71.2 Å². The number of nitrogens with zero attached hydrogens (tertiary/aromatic N) is 3. The van der Waals surface area contributed by atoms with Gasteiger partial charge in [-0.2, -0.15) is 0 Å². The van der Waals surface area contributed by atoms with Crippen molar-refractivity contribution in [2.24, 2.45) is 17.0 Å². The van der Waals surface area contributed by atoms with E-state index in [0.717, 1.165) is 84.2 Å². The molecule has 3 atom stereocenters. The Morgan fingerprint density at radius 2 is 1.42 bits per heavy atom. The summed E-state index contributed by atoms with van der Waals surface area (Å²) in [6.45, 7) is 21.1. The number of ketones is 1. The number of carbonyl (C=O) groups excluding carboxylic acids is 3. The SMILES string of the molecule is CC1=C(N2CCOCC2)CCCC1.CC1CCCC=C1N1CCOCC1.CC1CCCCC1=O.CCOC(=O)C(CBr)=NO.CCOC(=O)c1cc2c([nH]1)C(C)CCC2. The zero-order chi connectivity index (χ0) is 43.0. The van der Waals surface area contributed by atoms with Crippen LogP contribution in [0.3, 0.4) is 0 Å². The summed E-state index contributed by atoms with van der Waals surface area (Å²) in [5.41, 5.74) is 7.91. The second-order valence-electron chi connectivity index (χ2n) is 16.2. The highest BCUT2D eigenvalue weighted by atomic mass is 79.9. The van der Waals surface area contributed by atoms with Gasteiger partial charge in [-0.3, -0.25) is 4.79 Å². The van der Waals surface area contributed by atoms with Gasteiger partial charge in [0, 0.05) is 55.6 Å². The Morgan fingerprint density at radius 3 is 1.97 bits per heavy atom. The molecule has 0 aromatic carbocycles. The van der Waals surface area contributed by atoms with Crippen LogP contribution in [0.25, 0.3) is 0 Å². The Bertz CT molecular complexity index is 1510. The monoisotopic (exact) mass is 890 g/mol. The number of H-pyrrole nitrogens is 1. The molecule has 3 heterocycles. The molecule has 1 saturated carbocycles. The lowest BCUT2D eigenvalue weighted by Crippen LogP contribution is -2.38. The van der Waals surface area contributed by atoms with Gasteiger partial charge in [-0.25, -0.2) is 9.59 Å². The van der Waals surface area contributed by atoms with E-state index in [2.05, 4.69) is 67.5 Å². The van der Waals surface area contributed by atoms with E-state index in [1.807, 2.05) is 19.9 Å². The summed E-state index contributed by atoms with van der Waals surface area (Å²) >= 11 is 2.95. The molecule has 7 rings (SSSR count). The number of rotatable bonds is 7. The molecular weight excluding hydrogens is 816 g/mol. The van der Waals surface area contributed by atoms with E-state index in [1.165, 1.54) is 75.5 Å². The first-order valence-electron chi connectivity index (χ1n) is 22.4. The summed E-state index contributed by atoms with van der Waals surface area (Å²) in [6.07, 6.45) is 19.7. The number of Topliss-reactive ketones (excluding diaryl/α,β-unsaturated/α-hetero) is 1. The smallest absolute Gasteiger partial charge is 0.356 e. The molecular formula is C46H75BrN4O8. The molecule has 2 N–H and O–H groups in total. The minimum absolute atomic E-state index is 0.0261. The summed E-state index contributed by atoms with van der Waals surface area (Å²) in [6, 6.07) is 1.95. The first-order chi connectivity index (χ1) is 28.5. The van der Waals surface area contributed by atoms with E-state index in [9.17, 15) is 14.4 Å². The number of fused-ring (bicyclic) bond motifs is 1. The number of halogens is 1. The lowest BCUT2D eigenvalue weighted by Gasteiger charge is -2.35. The van der Waals surface area contributed by atoms with Crippen LogP contribution in [0.5, 0.6) is 0 Å². The normalized spacial score (nSPS) is 23.2. The van der Waals surface area contributed by atoms with Gasteiger partial charge in [0.2, 0.25) is 0 Å². The number of carbonyl (C=O) groups is 3. The van der Waals surface area contributed by atoms with E-state index in [-0.39, 0.29) is 23.6 Å². The molecule has 4 aliphatic carbocycles. The third kappa shape index (κ3) is 17.4. The number of aryl methyl sites for hydroxylation is 1. The predicted molar refractivity (Wildman–Crippen MR) is 237 cm³/mol. The average Bonchev–Trinajstić information content (AvgIpc) is 3.71. The molecule has 13 heteroatoms. The highest BCUT2D eigenvalue weighted by Crippen LogP contribution is 2.31. The number of aromatic amines is 1. The number of morpholine rings is 2. The Labute approximate surface area is 363 Å². The highest BCUT2D eigenvalue weighted by molar-refractivity contribution is 9.09. The number of alkyl halides is 1. The van der Waals surface area contributed by atoms with Crippen molar-refractivity contribution in [1.82, 2.24) is 14.8 Å². The number of oxime groups is 1. The molecule has 3 unspecified atom stereocenters. The maximum atomic E-state index is 11.5. The van der Waals surface area contributed by atoms with Crippen LogP contribution in [0.4, 0.5) is 0 Å². The van der Waals surface area contributed by atoms with Gasteiger partial charge in [0.25, 0.3) is 0 Å². The second kappa shape index (κ2) is 28.4. The van der Waals surface area contributed by atoms with Gasteiger partial charge in [0.1, 0.15) is 11.5 Å². The highest BCUT2D eigenvalue weighted by Gasteiger charge is 2.23. The number of hydrogen-bond acceptors (Lipinski definition) is 11. The molecule has 12 nitrogen and oxygen atoms in total. The van der Waals surface area contributed by atoms with Crippen LogP contribution in [0, 0.1) is 11.8 Å². The van der Waals surface area contributed by atoms with Gasteiger partial charge in [0.15, 0.2) is 5.71 Å². The third-order valence-corrected chi connectivity index (χ3v) is 12.3. The van der Waals surface area contributed by atoms with Gasteiger partial charge in [-0.1, -0.05) is 59.9 Å². The number of nitrogens with one attached hydrogen (secondary N) is 1. The van der Waals surface area contributed by atoms with Crippen LogP contribution in [-0.2, 0) is 35.0 Å². The minimum Gasteiger partial charge on any atom is -0.461 e. The first-order valence-corrected chi connectivity index (χ1v) is 23.6. The van der Waals surface area contributed by atoms with Crippen molar-refractivity contribution < 1.29 is 38.5 Å². The van der Waals surface area contributed by atoms with E-state index >= 15 is 0 Å². The largest absolute Gasteiger partial charge is 0.461 e. The van der Waals surface area contributed by atoms with Crippen LogP contribution in [0.1, 0.15) is 153 Å². The van der Waals surface area contributed by atoms with Crippen molar-refractivity contribution in [3.05, 3.63) is 46.1 Å². The topological polar surface area (TPSA) is 143 Å². The lowest BCUT2D eigenvalue weighted by atomic mass is 9.89. The van der Waals surface area contributed by atoms with Gasteiger partial charge in [0.05, 0.1) is 45.0 Å². The Hall–Kier alpha value is -3.16. The number of aromatic nitrogens is 1. The van der Waals surface area contributed by atoms with Crippen LogP contribution in [-0.4, -0.2) is 115 Å². The van der Waals surface area contributed by atoms with Crippen LogP contribution >= 0.6 is 15.9 Å². The van der Waals surface area contributed by atoms with Gasteiger partial charge in [-0.15, -0.1) is 0 Å². The molecule has 3 fully saturated rings. The average molecular weight is 892 g/mol. The van der Waals surface area contributed by atoms with Gasteiger partial charge >= 0.3 is 11.9 Å². The van der Waals surface area contributed by atoms with E-state index in [4.69, 9.17) is 19.4 Å². The molecule has 0 bridgehead atoms. The number of esters is 2. The predicted octanol–water partition coefficient (Wildman–Crippen LogP) is 9.36. The van der Waals surface area contributed by atoms with Crippen LogP contribution in [0.2, 0.25) is 0 Å². The summed E-state index contributed by atoms with van der Waals surface area (Å²) < 4.78 is 20.2. The maximum absolute atomic E-state index is 11.5.